The molecule has 0 fully saturated rings. The predicted octanol–water partition coefficient (Wildman–Crippen LogP) is 3.25. The fraction of sp³-hybridized carbons (Fsp3) is 0.211. The third kappa shape index (κ3) is 6.42. The summed E-state index contributed by atoms with van der Waals surface area (Å²) in [6.45, 7) is 0.00263. The first kappa shape index (κ1) is 33.6. The molecule has 12 nitrogen and oxygen atoms in total. The number of rotatable bonds is 13. The minimum atomic E-state index is -1.19. The molecule has 0 spiro atoms. The molecule has 12 heteroatoms. The molecule has 2 atom stereocenters. The Hall–Kier alpha value is -6.30. The van der Waals surface area contributed by atoms with Crippen LogP contribution in [-0.4, -0.2) is 81.1 Å². The number of imide groups is 2. The number of carbonyl (C=O) groups is 8. The monoisotopic (exact) mass is 673 g/mol. The van der Waals surface area contributed by atoms with Crippen LogP contribution in [0.15, 0.2) is 84.9 Å². The lowest BCUT2D eigenvalue weighted by Crippen LogP contribution is -2.50. The van der Waals surface area contributed by atoms with Crippen molar-refractivity contribution in [2.75, 3.05) is 13.1 Å². The molecule has 2 heterocycles. The average molecular weight is 674 g/mol. The molecule has 0 bridgehead atoms. The van der Waals surface area contributed by atoms with Crippen molar-refractivity contribution in [2.45, 2.75) is 32.2 Å². The summed E-state index contributed by atoms with van der Waals surface area (Å²) < 4.78 is 0. The zero-order chi connectivity index (χ0) is 35.7. The lowest BCUT2D eigenvalue weighted by molar-refractivity contribution is -0.143. The second-order valence-corrected chi connectivity index (χ2v) is 12.4. The van der Waals surface area contributed by atoms with Gasteiger partial charge in [-0.1, -0.05) is 60.7 Å². The summed E-state index contributed by atoms with van der Waals surface area (Å²) in [5, 5.41) is 12.5. The van der Waals surface area contributed by atoms with Crippen LogP contribution in [0.4, 0.5) is 0 Å². The number of Topliss-reactive ketones (excluding diaryl/α,β-unsaturated/α-hetero) is 2. The lowest BCUT2D eigenvalue weighted by Gasteiger charge is -2.31. The van der Waals surface area contributed by atoms with E-state index in [-0.39, 0.29) is 51.7 Å². The molecule has 0 saturated heterocycles. The third-order valence-electron chi connectivity index (χ3n) is 8.96. The third-order valence-corrected chi connectivity index (χ3v) is 8.96. The Kier molecular flexibility index (Phi) is 9.18. The van der Waals surface area contributed by atoms with E-state index in [0.29, 0.717) is 0 Å². The van der Waals surface area contributed by atoms with Crippen LogP contribution in [0.3, 0.4) is 0 Å². The van der Waals surface area contributed by atoms with E-state index in [1.165, 1.54) is 31.2 Å². The van der Waals surface area contributed by atoms with Crippen molar-refractivity contribution < 1.29 is 43.5 Å². The van der Waals surface area contributed by atoms with Gasteiger partial charge in [0.05, 0.1) is 18.5 Å². The van der Waals surface area contributed by atoms with Crippen molar-refractivity contribution in [3.8, 4) is 0 Å². The topological polar surface area (TPSA) is 175 Å². The van der Waals surface area contributed by atoms with Gasteiger partial charge >= 0.3 is 5.97 Å². The van der Waals surface area contributed by atoms with E-state index in [0.717, 1.165) is 20.9 Å². The molecule has 2 aliphatic heterocycles. The van der Waals surface area contributed by atoms with Crippen LogP contribution in [0.2, 0.25) is 0 Å². The highest BCUT2D eigenvalue weighted by Gasteiger charge is 2.41. The summed E-state index contributed by atoms with van der Waals surface area (Å²) in [5.74, 6) is -7.21. The first-order chi connectivity index (χ1) is 23.9. The Bertz CT molecular complexity index is 1890. The molecule has 0 radical (unpaired) electrons. The molecule has 0 aromatic heterocycles. The predicted molar refractivity (Wildman–Crippen MR) is 178 cm³/mol. The molecule has 0 saturated carbocycles. The summed E-state index contributed by atoms with van der Waals surface area (Å²) in [6.07, 6.45) is -0.105. The fourth-order valence-corrected chi connectivity index (χ4v) is 6.45. The second-order valence-electron chi connectivity index (χ2n) is 12.4. The first-order valence-corrected chi connectivity index (χ1v) is 15.9. The number of nitrogens with zero attached hydrogens (tertiary/aromatic N) is 2. The summed E-state index contributed by atoms with van der Waals surface area (Å²) in [6, 6.07) is 22.2. The summed E-state index contributed by atoms with van der Waals surface area (Å²) >= 11 is 0. The Morgan fingerprint density at radius 2 is 1.04 bits per heavy atom. The number of ketones is 2. The summed E-state index contributed by atoms with van der Waals surface area (Å²) in [7, 11) is 0. The van der Waals surface area contributed by atoms with Gasteiger partial charge in [-0.2, -0.15) is 0 Å². The smallest absolute Gasteiger partial charge is 0.307 e. The van der Waals surface area contributed by atoms with Crippen molar-refractivity contribution in [1.29, 1.82) is 0 Å². The largest absolute Gasteiger partial charge is 0.481 e. The molecular weight excluding hydrogens is 642 g/mol. The van der Waals surface area contributed by atoms with Crippen molar-refractivity contribution in [3.05, 3.63) is 118 Å². The van der Waals surface area contributed by atoms with Gasteiger partial charge in [0.2, 0.25) is 5.91 Å². The van der Waals surface area contributed by atoms with Crippen LogP contribution in [0.5, 0.6) is 0 Å². The Morgan fingerprint density at radius 3 is 1.46 bits per heavy atom. The highest BCUT2D eigenvalue weighted by atomic mass is 16.4. The molecule has 2 aliphatic rings. The number of amides is 5. The number of carboxylic acid groups (broad SMARTS) is 1. The Labute approximate surface area is 285 Å². The summed E-state index contributed by atoms with van der Waals surface area (Å²) in [4.78, 5) is 106. The maximum Gasteiger partial charge on any atom is 0.307 e. The SMILES string of the molecule is CC(=O)[C@H](Cc1ccccc1)NC(=O)CN1C(=O)c2ccc3c4c(ccc(c24)C1=O)C(=O)N(CC(=O)C[C@@H](Cc1ccccc1)C(=O)O)C3=O. The standard InChI is InChI=1S/C38H31N3O9/c1-21(42)30(17-23-10-6-3-7-11-23)39-31(44)20-41-36(47)28-14-12-26-32-27(13-15-29(33(28)32)37(41)48)35(46)40(34(26)45)19-25(43)18-24(38(49)50)16-22-8-4-2-5-9-22/h2-15,24,30H,16-20H2,1H3,(H,39,44)(H,49,50)/t24-,30+/m1/s1. The van der Waals surface area contributed by atoms with Crippen LogP contribution in [-0.2, 0) is 32.0 Å². The first-order valence-electron chi connectivity index (χ1n) is 15.9. The zero-order valence-corrected chi connectivity index (χ0v) is 26.9. The molecule has 6 rings (SSSR count). The molecular formula is C38H31N3O9. The highest BCUT2D eigenvalue weighted by molar-refractivity contribution is 6.33. The Balaban J connectivity index is 1.21. The van der Waals surface area contributed by atoms with Gasteiger partial charge in [-0.3, -0.25) is 48.2 Å². The van der Waals surface area contributed by atoms with E-state index in [1.54, 1.807) is 42.5 Å². The van der Waals surface area contributed by atoms with Gasteiger partial charge in [-0.25, -0.2) is 0 Å². The number of benzene rings is 4. The van der Waals surface area contributed by atoms with Gasteiger partial charge in [-0.05, 0) is 55.2 Å². The van der Waals surface area contributed by atoms with E-state index in [4.69, 9.17) is 0 Å². The number of hydrogen-bond donors (Lipinski definition) is 2. The van der Waals surface area contributed by atoms with Crippen LogP contribution in [0, 0.1) is 5.92 Å². The molecule has 2 N–H and O–H groups in total. The fourth-order valence-electron chi connectivity index (χ4n) is 6.45. The number of aliphatic carboxylic acids is 1. The van der Waals surface area contributed by atoms with Crippen LogP contribution in [0.1, 0.15) is 65.9 Å². The number of carbonyl (C=O) groups excluding carboxylic acids is 7. The molecule has 252 valence electrons. The maximum absolute atomic E-state index is 13.6. The Morgan fingerprint density at radius 1 is 0.620 bits per heavy atom. The van der Waals surface area contributed by atoms with Crippen LogP contribution < -0.4 is 5.32 Å². The van der Waals surface area contributed by atoms with Crippen LogP contribution in [0.25, 0.3) is 10.8 Å². The summed E-state index contributed by atoms with van der Waals surface area (Å²) in [5.41, 5.74) is 1.50. The van der Waals surface area contributed by atoms with Gasteiger partial charge in [-0.15, -0.1) is 0 Å². The number of nitrogens with one attached hydrogen (secondary N) is 1. The quantitative estimate of drug-likeness (QED) is 0.202. The van der Waals surface area contributed by atoms with E-state index in [9.17, 15) is 43.5 Å². The van der Waals surface area contributed by atoms with Gasteiger partial charge in [0.15, 0.2) is 11.6 Å². The molecule has 50 heavy (non-hydrogen) atoms. The van der Waals surface area contributed by atoms with Crippen molar-refractivity contribution in [2.24, 2.45) is 5.92 Å². The lowest BCUT2D eigenvalue weighted by atomic mass is 9.85. The van der Waals surface area contributed by atoms with Gasteiger partial charge < -0.3 is 10.4 Å². The molecule has 0 unspecified atom stereocenters. The van der Waals surface area contributed by atoms with E-state index < -0.39 is 72.8 Å². The molecule has 4 aromatic carbocycles. The normalized spacial score (nSPS) is 14.8. The molecule has 4 aromatic rings. The van der Waals surface area contributed by atoms with Gasteiger partial charge in [0, 0.05) is 39.4 Å². The van der Waals surface area contributed by atoms with Crippen molar-refractivity contribution >= 4 is 57.8 Å². The van der Waals surface area contributed by atoms with Crippen molar-refractivity contribution in [1.82, 2.24) is 15.1 Å². The maximum atomic E-state index is 13.6. The van der Waals surface area contributed by atoms with Crippen molar-refractivity contribution in [3.63, 3.8) is 0 Å². The van der Waals surface area contributed by atoms with E-state index in [2.05, 4.69) is 5.32 Å². The highest BCUT2D eigenvalue weighted by Crippen LogP contribution is 2.38. The number of hydrogen-bond acceptors (Lipinski definition) is 8. The average Bonchev–Trinajstić information content (AvgIpc) is 3.10. The zero-order valence-electron chi connectivity index (χ0n) is 26.9. The minimum Gasteiger partial charge on any atom is -0.481 e. The van der Waals surface area contributed by atoms with E-state index in [1.807, 2.05) is 18.2 Å². The van der Waals surface area contributed by atoms with Crippen LogP contribution >= 0.6 is 0 Å². The number of carboxylic acids is 1. The van der Waals surface area contributed by atoms with E-state index >= 15 is 0 Å². The molecule has 5 amide bonds. The van der Waals surface area contributed by atoms with Gasteiger partial charge in [0.1, 0.15) is 6.54 Å². The minimum absolute atomic E-state index is 0.00394. The molecule has 0 aliphatic carbocycles. The second kappa shape index (κ2) is 13.7. The van der Waals surface area contributed by atoms with Gasteiger partial charge in [0.25, 0.3) is 23.6 Å².